The number of rotatable bonds is 7. The molecule has 4 N–H and O–H groups in total. The number of para-hydroxylation sites is 1. The molecule has 3 rings (SSSR count). The van der Waals surface area contributed by atoms with Crippen LogP contribution in [0.4, 0.5) is 11.4 Å². The lowest BCUT2D eigenvalue weighted by atomic mass is 10.1. The number of carbonyl (C=O) groups is 2. The summed E-state index contributed by atoms with van der Waals surface area (Å²) in [6.45, 7) is 1.23. The third-order valence-corrected chi connectivity index (χ3v) is 4.55. The number of hydrogen-bond acceptors (Lipinski definition) is 4. The maximum Gasteiger partial charge on any atom is 0.253 e. The van der Waals surface area contributed by atoms with Crippen LogP contribution in [0.1, 0.15) is 35.2 Å². The van der Waals surface area contributed by atoms with Crippen LogP contribution in [0.3, 0.4) is 0 Å². The fraction of sp³-hybridized carbons (Fsp3) is 0.333. The second-order valence-corrected chi connectivity index (χ2v) is 6.68. The molecule has 0 aliphatic carbocycles. The van der Waals surface area contributed by atoms with E-state index >= 15 is 0 Å². The topological polar surface area (TPSA) is 93.5 Å². The van der Waals surface area contributed by atoms with Gasteiger partial charge in [0.25, 0.3) is 5.91 Å². The van der Waals surface area contributed by atoms with Gasteiger partial charge in [-0.3, -0.25) is 9.59 Å². The van der Waals surface area contributed by atoms with Gasteiger partial charge in [0, 0.05) is 25.3 Å². The molecule has 1 aliphatic rings. The van der Waals surface area contributed by atoms with E-state index in [-0.39, 0.29) is 17.9 Å². The van der Waals surface area contributed by atoms with Crippen LogP contribution in [0.2, 0.25) is 0 Å². The van der Waals surface area contributed by atoms with Crippen molar-refractivity contribution < 1.29 is 14.3 Å². The lowest BCUT2D eigenvalue weighted by Crippen LogP contribution is -2.32. The van der Waals surface area contributed by atoms with Gasteiger partial charge in [-0.2, -0.15) is 0 Å². The van der Waals surface area contributed by atoms with Crippen LogP contribution in [0.25, 0.3) is 0 Å². The second kappa shape index (κ2) is 9.19. The molecule has 2 aromatic rings. The fourth-order valence-corrected chi connectivity index (χ4v) is 3.12. The Morgan fingerprint density at radius 2 is 2.00 bits per heavy atom. The van der Waals surface area contributed by atoms with Gasteiger partial charge < -0.3 is 21.1 Å². The summed E-state index contributed by atoms with van der Waals surface area (Å²) in [6, 6.07) is 14.5. The van der Waals surface area contributed by atoms with Crippen molar-refractivity contribution >= 4 is 23.2 Å². The maximum atomic E-state index is 12.5. The monoisotopic (exact) mass is 367 g/mol. The summed E-state index contributed by atoms with van der Waals surface area (Å²) in [7, 11) is 0. The molecular formula is C21H25N3O3. The van der Waals surface area contributed by atoms with Gasteiger partial charge in [0.1, 0.15) is 0 Å². The highest BCUT2D eigenvalue weighted by Gasteiger charge is 2.18. The molecular weight excluding hydrogens is 342 g/mol. The molecule has 6 heteroatoms. The molecule has 27 heavy (non-hydrogen) atoms. The summed E-state index contributed by atoms with van der Waals surface area (Å²) in [5.41, 5.74) is 8.42. The van der Waals surface area contributed by atoms with E-state index in [9.17, 15) is 9.59 Å². The molecule has 1 unspecified atom stereocenters. The largest absolute Gasteiger partial charge is 0.399 e. The Hall–Kier alpha value is -2.86. The van der Waals surface area contributed by atoms with Gasteiger partial charge in [-0.05, 0) is 49.1 Å². The van der Waals surface area contributed by atoms with Crippen LogP contribution in [0, 0.1) is 0 Å². The summed E-state index contributed by atoms with van der Waals surface area (Å²) in [5, 5.41) is 5.73. The highest BCUT2D eigenvalue weighted by molar-refractivity contribution is 6.03. The second-order valence-electron chi connectivity index (χ2n) is 6.68. The van der Waals surface area contributed by atoms with Crippen LogP contribution in [-0.2, 0) is 16.0 Å². The Morgan fingerprint density at radius 1 is 1.15 bits per heavy atom. The average molecular weight is 367 g/mol. The van der Waals surface area contributed by atoms with Crippen molar-refractivity contribution in [3.63, 3.8) is 0 Å². The zero-order valence-corrected chi connectivity index (χ0v) is 15.2. The van der Waals surface area contributed by atoms with Gasteiger partial charge in [-0.15, -0.1) is 0 Å². The molecule has 1 atom stereocenters. The number of nitrogens with one attached hydrogen (secondary N) is 2. The lowest BCUT2D eigenvalue weighted by Gasteiger charge is -2.14. The Kier molecular flexibility index (Phi) is 6.44. The first kappa shape index (κ1) is 18.9. The fourth-order valence-electron chi connectivity index (χ4n) is 3.12. The Balaban J connectivity index is 1.56. The molecule has 1 fully saturated rings. The summed E-state index contributed by atoms with van der Waals surface area (Å²) >= 11 is 0. The Labute approximate surface area is 159 Å². The maximum absolute atomic E-state index is 12.5. The van der Waals surface area contributed by atoms with Crippen LogP contribution >= 0.6 is 0 Å². The van der Waals surface area contributed by atoms with E-state index in [4.69, 9.17) is 10.5 Å². The molecule has 2 aromatic carbocycles. The van der Waals surface area contributed by atoms with Gasteiger partial charge in [0.15, 0.2) is 0 Å². The zero-order chi connectivity index (χ0) is 19.1. The molecule has 142 valence electrons. The predicted octanol–water partition coefficient (Wildman–Crippen LogP) is 2.75. The minimum Gasteiger partial charge on any atom is -0.399 e. The molecule has 6 nitrogen and oxygen atoms in total. The average Bonchev–Trinajstić information content (AvgIpc) is 3.19. The van der Waals surface area contributed by atoms with Gasteiger partial charge in [0.2, 0.25) is 5.91 Å². The summed E-state index contributed by atoms with van der Waals surface area (Å²) in [5.74, 6) is -0.353. The normalized spacial score (nSPS) is 16.1. The third-order valence-electron chi connectivity index (χ3n) is 4.55. The number of nitrogens with two attached hydrogens (primary N) is 1. The van der Waals surface area contributed by atoms with Crippen molar-refractivity contribution in [2.24, 2.45) is 0 Å². The highest BCUT2D eigenvalue weighted by Crippen LogP contribution is 2.17. The van der Waals surface area contributed by atoms with Gasteiger partial charge >= 0.3 is 0 Å². The molecule has 0 radical (unpaired) electrons. The van der Waals surface area contributed by atoms with Gasteiger partial charge in [-0.1, -0.05) is 24.3 Å². The van der Waals surface area contributed by atoms with Crippen molar-refractivity contribution in [2.75, 3.05) is 24.2 Å². The van der Waals surface area contributed by atoms with E-state index < -0.39 is 0 Å². The first-order valence-corrected chi connectivity index (χ1v) is 9.25. The Bertz CT molecular complexity index is 801. The minimum absolute atomic E-state index is 0.0778. The third kappa shape index (κ3) is 5.56. The molecule has 0 aromatic heterocycles. The van der Waals surface area contributed by atoms with Gasteiger partial charge in [-0.25, -0.2) is 0 Å². The number of carbonyl (C=O) groups excluding carboxylic acids is 2. The molecule has 0 saturated carbocycles. The van der Waals surface area contributed by atoms with Gasteiger partial charge in [0.05, 0.1) is 17.4 Å². The van der Waals surface area contributed by atoms with Crippen LogP contribution < -0.4 is 16.4 Å². The molecule has 0 spiro atoms. The molecule has 2 amide bonds. The van der Waals surface area contributed by atoms with Crippen molar-refractivity contribution in [3.8, 4) is 0 Å². The SMILES string of the molecule is Nc1cccc(CCC(=O)Nc2ccccc2C(=O)NCC2CCCO2)c1. The summed E-state index contributed by atoms with van der Waals surface area (Å²) < 4.78 is 5.52. The van der Waals surface area contributed by atoms with Crippen LogP contribution in [0.5, 0.6) is 0 Å². The zero-order valence-electron chi connectivity index (χ0n) is 15.2. The van der Waals surface area contributed by atoms with E-state index in [2.05, 4.69) is 10.6 Å². The number of amides is 2. The van der Waals surface area contributed by atoms with Crippen molar-refractivity contribution in [2.45, 2.75) is 31.8 Å². The smallest absolute Gasteiger partial charge is 0.253 e. The molecule has 1 heterocycles. The number of benzene rings is 2. The van der Waals surface area contributed by atoms with Crippen LogP contribution in [0.15, 0.2) is 48.5 Å². The van der Waals surface area contributed by atoms with E-state index in [0.29, 0.717) is 36.3 Å². The van der Waals surface area contributed by atoms with Crippen molar-refractivity contribution in [1.82, 2.24) is 5.32 Å². The summed E-state index contributed by atoms with van der Waals surface area (Å²) in [4.78, 5) is 24.8. The van der Waals surface area contributed by atoms with Crippen molar-refractivity contribution in [3.05, 3.63) is 59.7 Å². The molecule has 1 saturated heterocycles. The Morgan fingerprint density at radius 3 is 2.78 bits per heavy atom. The van der Waals surface area contributed by atoms with E-state index in [1.165, 1.54) is 0 Å². The first-order valence-electron chi connectivity index (χ1n) is 9.25. The molecule has 0 bridgehead atoms. The van der Waals surface area contributed by atoms with E-state index in [0.717, 1.165) is 25.0 Å². The summed E-state index contributed by atoms with van der Waals surface area (Å²) in [6.07, 6.45) is 2.97. The minimum atomic E-state index is -0.211. The first-order chi connectivity index (χ1) is 13.1. The van der Waals surface area contributed by atoms with E-state index in [1.807, 2.05) is 24.3 Å². The standard InChI is InChI=1S/C21H25N3O3/c22-16-6-3-5-15(13-16)10-11-20(25)24-19-9-2-1-8-18(19)21(26)23-14-17-7-4-12-27-17/h1-3,5-6,8-9,13,17H,4,7,10-12,14,22H2,(H,23,26)(H,24,25). The van der Waals surface area contributed by atoms with E-state index in [1.54, 1.807) is 24.3 Å². The highest BCUT2D eigenvalue weighted by atomic mass is 16.5. The molecule has 1 aliphatic heterocycles. The number of anilines is 2. The lowest BCUT2D eigenvalue weighted by molar-refractivity contribution is -0.116. The predicted molar refractivity (Wildman–Crippen MR) is 106 cm³/mol. The quantitative estimate of drug-likeness (QED) is 0.656. The number of hydrogen-bond donors (Lipinski definition) is 3. The number of nitrogen functional groups attached to an aromatic ring is 1. The van der Waals surface area contributed by atoms with Crippen LogP contribution in [-0.4, -0.2) is 31.1 Å². The van der Waals surface area contributed by atoms with Crippen molar-refractivity contribution in [1.29, 1.82) is 0 Å². The number of ether oxygens (including phenoxy) is 1. The number of aryl methyl sites for hydroxylation is 1.